The lowest BCUT2D eigenvalue weighted by Gasteiger charge is -2.39. The Morgan fingerprint density at radius 2 is 2.09 bits per heavy atom. The molecule has 1 heterocycles. The van der Waals surface area contributed by atoms with Crippen molar-refractivity contribution in [2.24, 2.45) is 5.73 Å². The molecule has 0 unspecified atom stereocenters. The minimum absolute atomic E-state index is 0.00907. The van der Waals surface area contributed by atoms with Crippen LogP contribution >= 0.6 is 11.6 Å². The number of hydrogen-bond acceptors (Lipinski definition) is 2. The van der Waals surface area contributed by atoms with Crippen molar-refractivity contribution in [2.75, 3.05) is 0 Å². The largest absolute Gasteiger partial charge is 0.352 e. The van der Waals surface area contributed by atoms with E-state index in [1.165, 1.54) is 12.1 Å². The van der Waals surface area contributed by atoms with Crippen LogP contribution in [0.5, 0.6) is 0 Å². The van der Waals surface area contributed by atoms with Gasteiger partial charge in [0.05, 0.1) is 17.1 Å². The summed E-state index contributed by atoms with van der Waals surface area (Å²) in [7, 11) is 0. The first kappa shape index (κ1) is 16.5. The summed E-state index contributed by atoms with van der Waals surface area (Å²) in [6, 6.07) is 2.67. The fraction of sp³-hybridized carbons (Fsp3) is 0.467. The van der Waals surface area contributed by atoms with E-state index in [2.05, 4.69) is 5.32 Å². The first-order chi connectivity index (χ1) is 10.1. The van der Waals surface area contributed by atoms with Gasteiger partial charge < -0.3 is 16.0 Å². The molecule has 1 saturated heterocycles. The molecular weight excluding hydrogens is 309 g/mol. The summed E-state index contributed by atoms with van der Waals surface area (Å²) in [4.78, 5) is 25.2. The third kappa shape index (κ3) is 3.16. The molecule has 22 heavy (non-hydrogen) atoms. The van der Waals surface area contributed by atoms with Crippen molar-refractivity contribution < 1.29 is 14.0 Å². The van der Waals surface area contributed by atoms with Crippen LogP contribution in [0.1, 0.15) is 38.8 Å². The molecule has 0 aliphatic carbocycles. The van der Waals surface area contributed by atoms with Crippen LogP contribution in [-0.4, -0.2) is 28.4 Å². The standard InChI is InChI=1S/C15H19ClFN3O2/c1-15(2,3)20-12(21)7-11(19-14(18)22)13(20)8-4-5-9(16)10(17)6-8/h4-6,11,13H,7H2,1-3H3,(H3,18,19,22)/t11-,13+/m0/s1. The molecule has 3 N–H and O–H groups in total. The Hall–Kier alpha value is -1.82. The molecule has 1 aromatic rings. The summed E-state index contributed by atoms with van der Waals surface area (Å²) in [6.07, 6.45) is 0.120. The maximum absolute atomic E-state index is 13.8. The third-order valence-electron chi connectivity index (χ3n) is 3.66. The Bertz CT molecular complexity index is 615. The number of likely N-dealkylation sites (tertiary alicyclic amines) is 1. The molecule has 3 amide bonds. The van der Waals surface area contributed by atoms with Crippen molar-refractivity contribution in [3.8, 4) is 0 Å². The Morgan fingerprint density at radius 3 is 2.59 bits per heavy atom. The quantitative estimate of drug-likeness (QED) is 0.876. The second-order valence-electron chi connectivity index (χ2n) is 6.37. The van der Waals surface area contributed by atoms with Crippen LogP contribution in [0.2, 0.25) is 5.02 Å². The predicted octanol–water partition coefficient (Wildman–Crippen LogP) is 2.59. The van der Waals surface area contributed by atoms with E-state index in [0.717, 1.165) is 0 Å². The fourth-order valence-electron chi connectivity index (χ4n) is 2.91. The molecule has 0 saturated carbocycles. The van der Waals surface area contributed by atoms with Crippen LogP contribution in [0, 0.1) is 5.82 Å². The molecule has 1 aliphatic rings. The average molecular weight is 328 g/mol. The molecule has 2 atom stereocenters. The monoisotopic (exact) mass is 327 g/mol. The van der Waals surface area contributed by atoms with E-state index >= 15 is 0 Å². The van der Waals surface area contributed by atoms with Gasteiger partial charge in [-0.05, 0) is 38.5 Å². The van der Waals surface area contributed by atoms with Crippen LogP contribution < -0.4 is 11.1 Å². The summed E-state index contributed by atoms with van der Waals surface area (Å²) in [5.74, 6) is -0.684. The first-order valence-corrected chi connectivity index (χ1v) is 7.32. The molecule has 1 aliphatic heterocycles. The van der Waals surface area contributed by atoms with Crippen LogP contribution in [0.3, 0.4) is 0 Å². The predicted molar refractivity (Wildman–Crippen MR) is 81.9 cm³/mol. The van der Waals surface area contributed by atoms with E-state index in [1.807, 2.05) is 20.8 Å². The molecule has 7 heteroatoms. The zero-order valence-electron chi connectivity index (χ0n) is 12.7. The number of nitrogens with zero attached hydrogens (tertiary/aromatic N) is 1. The zero-order chi connectivity index (χ0) is 16.7. The van der Waals surface area contributed by atoms with E-state index in [4.69, 9.17) is 17.3 Å². The Balaban J connectivity index is 2.48. The van der Waals surface area contributed by atoms with Crippen molar-refractivity contribution >= 4 is 23.5 Å². The Labute approximate surface area is 133 Å². The van der Waals surface area contributed by atoms with Gasteiger partial charge in [0, 0.05) is 12.0 Å². The van der Waals surface area contributed by atoms with E-state index in [1.54, 1.807) is 11.0 Å². The lowest BCUT2D eigenvalue weighted by Crippen LogP contribution is -2.47. The number of rotatable bonds is 2. The van der Waals surface area contributed by atoms with Crippen LogP contribution in [-0.2, 0) is 4.79 Å². The normalized spacial score (nSPS) is 22.0. The smallest absolute Gasteiger partial charge is 0.312 e. The molecule has 1 aromatic carbocycles. The lowest BCUT2D eigenvalue weighted by molar-refractivity contribution is -0.133. The Morgan fingerprint density at radius 1 is 1.45 bits per heavy atom. The highest BCUT2D eigenvalue weighted by Gasteiger charge is 2.46. The van der Waals surface area contributed by atoms with Gasteiger partial charge in [0.25, 0.3) is 0 Å². The van der Waals surface area contributed by atoms with Gasteiger partial charge in [0.1, 0.15) is 5.82 Å². The number of nitrogens with one attached hydrogen (secondary N) is 1. The maximum Gasteiger partial charge on any atom is 0.312 e. The number of primary amides is 1. The lowest BCUT2D eigenvalue weighted by atomic mass is 9.96. The van der Waals surface area contributed by atoms with Crippen LogP contribution in [0.15, 0.2) is 18.2 Å². The van der Waals surface area contributed by atoms with Gasteiger partial charge in [-0.25, -0.2) is 9.18 Å². The highest BCUT2D eigenvalue weighted by Crippen LogP contribution is 2.39. The molecular formula is C15H19ClFN3O2. The minimum Gasteiger partial charge on any atom is -0.352 e. The number of nitrogens with two attached hydrogens (primary N) is 1. The van der Waals surface area contributed by atoms with Gasteiger partial charge in [-0.1, -0.05) is 17.7 Å². The van der Waals surface area contributed by atoms with E-state index < -0.39 is 29.5 Å². The molecule has 0 spiro atoms. The van der Waals surface area contributed by atoms with Crippen molar-refractivity contribution in [2.45, 2.75) is 44.8 Å². The fourth-order valence-corrected chi connectivity index (χ4v) is 3.03. The number of carbonyl (C=O) groups is 2. The van der Waals surface area contributed by atoms with E-state index in [9.17, 15) is 14.0 Å². The molecule has 1 fully saturated rings. The van der Waals surface area contributed by atoms with Crippen LogP contribution in [0.25, 0.3) is 0 Å². The maximum atomic E-state index is 13.8. The molecule has 5 nitrogen and oxygen atoms in total. The van der Waals surface area contributed by atoms with Gasteiger partial charge in [0.2, 0.25) is 5.91 Å². The third-order valence-corrected chi connectivity index (χ3v) is 3.96. The molecule has 120 valence electrons. The highest BCUT2D eigenvalue weighted by atomic mass is 35.5. The summed E-state index contributed by atoms with van der Waals surface area (Å²) >= 11 is 5.72. The molecule has 0 radical (unpaired) electrons. The van der Waals surface area contributed by atoms with Crippen molar-refractivity contribution in [3.63, 3.8) is 0 Å². The molecule has 0 aromatic heterocycles. The Kier molecular flexibility index (Phi) is 4.33. The number of urea groups is 1. The molecule has 2 rings (SSSR count). The highest BCUT2D eigenvalue weighted by molar-refractivity contribution is 6.30. The topological polar surface area (TPSA) is 75.4 Å². The van der Waals surface area contributed by atoms with Gasteiger partial charge in [0.15, 0.2) is 0 Å². The second-order valence-corrected chi connectivity index (χ2v) is 6.78. The van der Waals surface area contributed by atoms with Gasteiger partial charge in [-0.3, -0.25) is 4.79 Å². The second kappa shape index (κ2) is 5.76. The number of hydrogen-bond donors (Lipinski definition) is 2. The van der Waals surface area contributed by atoms with Crippen molar-refractivity contribution in [1.82, 2.24) is 10.2 Å². The summed E-state index contributed by atoms with van der Waals surface area (Å²) < 4.78 is 13.8. The van der Waals surface area contributed by atoms with Gasteiger partial charge in [-0.15, -0.1) is 0 Å². The number of carbonyl (C=O) groups excluding carboxylic acids is 2. The van der Waals surface area contributed by atoms with Crippen LogP contribution in [0.4, 0.5) is 9.18 Å². The van der Waals surface area contributed by atoms with Crippen molar-refractivity contribution in [1.29, 1.82) is 0 Å². The minimum atomic E-state index is -0.715. The summed E-state index contributed by atoms with van der Waals surface area (Å²) in [5.41, 5.74) is 5.28. The zero-order valence-corrected chi connectivity index (χ0v) is 13.4. The first-order valence-electron chi connectivity index (χ1n) is 6.94. The van der Waals surface area contributed by atoms with Crippen molar-refractivity contribution in [3.05, 3.63) is 34.6 Å². The van der Waals surface area contributed by atoms with E-state index in [0.29, 0.717) is 5.56 Å². The summed E-state index contributed by atoms with van der Waals surface area (Å²) in [6.45, 7) is 5.66. The van der Waals surface area contributed by atoms with Gasteiger partial charge >= 0.3 is 6.03 Å². The van der Waals surface area contributed by atoms with E-state index in [-0.39, 0.29) is 17.4 Å². The number of amides is 3. The summed E-state index contributed by atoms with van der Waals surface area (Å²) in [5, 5.41) is 2.59. The number of benzene rings is 1. The average Bonchev–Trinajstić information content (AvgIpc) is 2.68. The molecule has 0 bridgehead atoms. The van der Waals surface area contributed by atoms with Gasteiger partial charge in [-0.2, -0.15) is 0 Å². The SMILES string of the molecule is CC(C)(C)N1C(=O)C[C@H](NC(N)=O)[C@H]1c1ccc(Cl)c(F)c1. The number of halogens is 2.